The summed E-state index contributed by atoms with van der Waals surface area (Å²) in [5.74, 6) is -1.49. The van der Waals surface area contributed by atoms with Gasteiger partial charge in [-0.2, -0.15) is 0 Å². The Bertz CT molecular complexity index is 725. The minimum atomic E-state index is -3.40. The molecule has 0 aromatic heterocycles. The molecule has 1 heterocycles. The number of halogens is 2. The number of anilines is 1. The van der Waals surface area contributed by atoms with Crippen molar-refractivity contribution in [3.8, 4) is 0 Å². The van der Waals surface area contributed by atoms with Gasteiger partial charge in [-0.25, -0.2) is 26.7 Å². The molecule has 1 aliphatic rings. The molecule has 1 aromatic carbocycles. The molecule has 1 aromatic rings. The first kappa shape index (κ1) is 18.6. The topological polar surface area (TPSA) is 78.5 Å². The van der Waals surface area contributed by atoms with E-state index in [9.17, 15) is 22.0 Å². The molecule has 24 heavy (non-hydrogen) atoms. The van der Waals surface area contributed by atoms with Crippen LogP contribution in [-0.2, 0) is 10.0 Å². The number of carbonyl (C=O) groups excluding carboxylic acids is 1. The Kier molecular flexibility index (Phi) is 5.44. The molecule has 0 aliphatic carbocycles. The van der Waals surface area contributed by atoms with Gasteiger partial charge in [0.2, 0.25) is 10.0 Å². The van der Waals surface area contributed by atoms with E-state index in [0.29, 0.717) is 12.6 Å². The van der Waals surface area contributed by atoms with Crippen molar-refractivity contribution in [3.05, 3.63) is 29.8 Å². The largest absolute Gasteiger partial charge is 0.323 e. The SMILES string of the molecule is CC(C)[C@@H]1CN(C(=O)Nc2ccc(F)cc2F)C[C@H]1NS(C)(=O)=O. The van der Waals surface area contributed by atoms with Gasteiger partial charge < -0.3 is 10.2 Å². The van der Waals surface area contributed by atoms with Crippen molar-refractivity contribution in [2.24, 2.45) is 11.8 Å². The van der Waals surface area contributed by atoms with E-state index in [1.807, 2.05) is 13.8 Å². The van der Waals surface area contributed by atoms with Crippen LogP contribution in [0.4, 0.5) is 19.3 Å². The fourth-order valence-corrected chi connectivity index (χ4v) is 3.65. The molecule has 134 valence electrons. The van der Waals surface area contributed by atoms with E-state index in [0.717, 1.165) is 18.4 Å². The van der Waals surface area contributed by atoms with Gasteiger partial charge >= 0.3 is 6.03 Å². The number of urea groups is 1. The standard InChI is InChI=1S/C15H21F2N3O3S/c1-9(2)11-7-20(8-14(11)19-24(3,22)23)15(21)18-13-5-4-10(16)6-12(13)17/h4-6,9,11,14,19H,7-8H2,1-3H3,(H,18,21)/t11-,14+/m0/s1. The smallest absolute Gasteiger partial charge is 0.321 e. The number of sulfonamides is 1. The Morgan fingerprint density at radius 1 is 1.29 bits per heavy atom. The van der Waals surface area contributed by atoms with Crippen LogP contribution in [0.5, 0.6) is 0 Å². The van der Waals surface area contributed by atoms with Gasteiger partial charge in [-0.05, 0) is 24.0 Å². The highest BCUT2D eigenvalue weighted by Crippen LogP contribution is 2.26. The first-order valence-electron chi connectivity index (χ1n) is 7.55. The lowest BCUT2D eigenvalue weighted by Gasteiger charge is -2.21. The lowest BCUT2D eigenvalue weighted by molar-refractivity contribution is 0.219. The van der Waals surface area contributed by atoms with Crippen LogP contribution in [0.1, 0.15) is 13.8 Å². The number of benzene rings is 1. The van der Waals surface area contributed by atoms with E-state index in [-0.39, 0.29) is 24.1 Å². The van der Waals surface area contributed by atoms with Crippen LogP contribution in [0.25, 0.3) is 0 Å². The zero-order valence-electron chi connectivity index (χ0n) is 13.7. The summed E-state index contributed by atoms with van der Waals surface area (Å²) >= 11 is 0. The van der Waals surface area contributed by atoms with Crippen LogP contribution >= 0.6 is 0 Å². The lowest BCUT2D eigenvalue weighted by Crippen LogP contribution is -2.42. The van der Waals surface area contributed by atoms with Crippen molar-refractivity contribution in [3.63, 3.8) is 0 Å². The van der Waals surface area contributed by atoms with Crippen molar-refractivity contribution in [2.75, 3.05) is 24.7 Å². The van der Waals surface area contributed by atoms with Gasteiger partial charge in [-0.1, -0.05) is 13.8 Å². The maximum Gasteiger partial charge on any atom is 0.321 e. The Morgan fingerprint density at radius 2 is 1.96 bits per heavy atom. The van der Waals surface area contributed by atoms with Crippen molar-refractivity contribution < 1.29 is 22.0 Å². The number of nitrogens with one attached hydrogen (secondary N) is 2. The normalized spacial score (nSPS) is 21.3. The number of nitrogens with zero attached hydrogens (tertiary/aromatic N) is 1. The molecule has 0 radical (unpaired) electrons. The average Bonchev–Trinajstić information content (AvgIpc) is 2.83. The van der Waals surface area contributed by atoms with Gasteiger partial charge in [-0.15, -0.1) is 0 Å². The molecular weight excluding hydrogens is 340 g/mol. The fourth-order valence-electron chi connectivity index (χ4n) is 2.86. The Balaban J connectivity index is 2.10. The molecule has 0 saturated carbocycles. The van der Waals surface area contributed by atoms with Crippen molar-refractivity contribution in [1.82, 2.24) is 9.62 Å². The Labute approximate surface area is 140 Å². The maximum atomic E-state index is 13.6. The fraction of sp³-hybridized carbons (Fsp3) is 0.533. The zero-order chi connectivity index (χ0) is 18.1. The van der Waals surface area contributed by atoms with Gasteiger partial charge in [0.1, 0.15) is 11.6 Å². The average molecular weight is 361 g/mol. The van der Waals surface area contributed by atoms with Crippen LogP contribution < -0.4 is 10.0 Å². The summed E-state index contributed by atoms with van der Waals surface area (Å²) in [4.78, 5) is 13.7. The summed E-state index contributed by atoms with van der Waals surface area (Å²) < 4.78 is 52.1. The molecule has 6 nitrogen and oxygen atoms in total. The summed E-state index contributed by atoms with van der Waals surface area (Å²) in [7, 11) is -3.40. The van der Waals surface area contributed by atoms with E-state index >= 15 is 0 Å². The molecule has 1 saturated heterocycles. The summed E-state index contributed by atoms with van der Waals surface area (Å²) in [5.41, 5.74) is -0.123. The van der Waals surface area contributed by atoms with Gasteiger partial charge in [0.15, 0.2) is 0 Å². The van der Waals surface area contributed by atoms with Crippen LogP contribution in [0.15, 0.2) is 18.2 Å². The van der Waals surface area contributed by atoms with Gasteiger partial charge in [0.05, 0.1) is 11.9 Å². The third kappa shape index (κ3) is 4.64. The van der Waals surface area contributed by atoms with E-state index in [4.69, 9.17) is 0 Å². The molecule has 0 unspecified atom stereocenters. The molecule has 2 rings (SSSR count). The second kappa shape index (κ2) is 7.02. The molecular formula is C15H21F2N3O3S. The first-order valence-corrected chi connectivity index (χ1v) is 9.44. The first-order chi connectivity index (χ1) is 11.1. The highest BCUT2D eigenvalue weighted by molar-refractivity contribution is 7.88. The highest BCUT2D eigenvalue weighted by atomic mass is 32.2. The third-order valence-corrected chi connectivity index (χ3v) is 4.78. The molecule has 1 aliphatic heterocycles. The monoisotopic (exact) mass is 361 g/mol. The molecule has 1 fully saturated rings. The number of hydrogen-bond acceptors (Lipinski definition) is 3. The van der Waals surface area contributed by atoms with Gasteiger partial charge in [-0.3, -0.25) is 0 Å². The summed E-state index contributed by atoms with van der Waals surface area (Å²) in [5, 5.41) is 2.39. The highest BCUT2D eigenvalue weighted by Gasteiger charge is 2.38. The molecule has 2 N–H and O–H groups in total. The summed E-state index contributed by atoms with van der Waals surface area (Å²) in [6.45, 7) is 4.43. The minimum absolute atomic E-state index is 0.0523. The molecule has 0 bridgehead atoms. The molecule has 9 heteroatoms. The Morgan fingerprint density at radius 3 is 2.50 bits per heavy atom. The lowest BCUT2D eigenvalue weighted by atomic mass is 9.92. The number of amides is 2. The van der Waals surface area contributed by atoms with Gasteiger partial charge in [0.25, 0.3) is 0 Å². The van der Waals surface area contributed by atoms with Crippen LogP contribution in [-0.4, -0.2) is 44.7 Å². The van der Waals surface area contributed by atoms with E-state index in [1.54, 1.807) is 0 Å². The third-order valence-electron chi connectivity index (χ3n) is 4.05. The number of hydrogen-bond donors (Lipinski definition) is 2. The van der Waals surface area contributed by atoms with Gasteiger partial charge in [0, 0.05) is 25.2 Å². The molecule has 2 amide bonds. The quantitative estimate of drug-likeness (QED) is 0.861. The van der Waals surface area contributed by atoms with E-state index in [2.05, 4.69) is 10.0 Å². The van der Waals surface area contributed by atoms with Crippen LogP contribution in [0.3, 0.4) is 0 Å². The predicted molar refractivity (Wildman–Crippen MR) is 87.0 cm³/mol. The van der Waals surface area contributed by atoms with Crippen LogP contribution in [0.2, 0.25) is 0 Å². The van der Waals surface area contributed by atoms with Crippen molar-refractivity contribution >= 4 is 21.7 Å². The summed E-state index contributed by atoms with van der Waals surface area (Å²) in [6, 6.07) is 1.93. The van der Waals surface area contributed by atoms with E-state index < -0.39 is 33.7 Å². The molecule has 0 spiro atoms. The van der Waals surface area contributed by atoms with Crippen molar-refractivity contribution in [2.45, 2.75) is 19.9 Å². The molecule has 2 atom stereocenters. The predicted octanol–water partition coefficient (Wildman–Crippen LogP) is 2.00. The number of carbonyl (C=O) groups is 1. The number of likely N-dealkylation sites (tertiary alicyclic amines) is 1. The summed E-state index contributed by atoms with van der Waals surface area (Å²) in [6.07, 6.45) is 1.07. The zero-order valence-corrected chi connectivity index (χ0v) is 14.5. The second-order valence-corrected chi connectivity index (χ2v) is 8.14. The number of rotatable bonds is 4. The van der Waals surface area contributed by atoms with Crippen LogP contribution in [0, 0.1) is 23.5 Å². The van der Waals surface area contributed by atoms with Crippen molar-refractivity contribution in [1.29, 1.82) is 0 Å². The second-order valence-electron chi connectivity index (χ2n) is 6.36. The Hall–Kier alpha value is -1.74. The maximum absolute atomic E-state index is 13.6. The minimum Gasteiger partial charge on any atom is -0.323 e. The van der Waals surface area contributed by atoms with E-state index in [1.165, 1.54) is 4.90 Å².